The lowest BCUT2D eigenvalue weighted by Crippen LogP contribution is -2.32. The molecule has 5 heteroatoms. The Morgan fingerprint density at radius 2 is 2.25 bits per heavy atom. The molecular weight excluding hydrogens is 255 g/mol. The lowest BCUT2D eigenvalue weighted by molar-refractivity contribution is 0.576. The average Bonchev–Trinajstić information content (AvgIpc) is 2.88. The van der Waals surface area contributed by atoms with Gasteiger partial charge in [-0.3, -0.25) is 0 Å². The average molecular weight is 276 g/mol. The van der Waals surface area contributed by atoms with Gasteiger partial charge in [0.2, 0.25) is 0 Å². The third-order valence-electron chi connectivity index (χ3n) is 3.46. The second kappa shape index (κ2) is 6.52. The van der Waals surface area contributed by atoms with Crippen LogP contribution in [0.1, 0.15) is 25.1 Å². The summed E-state index contributed by atoms with van der Waals surface area (Å²) in [6.45, 7) is 3.47. The fourth-order valence-corrected chi connectivity index (χ4v) is 2.39. The van der Waals surface area contributed by atoms with Crippen molar-refractivity contribution in [2.24, 2.45) is 5.73 Å². The normalized spacial score (nSPS) is 12.4. The van der Waals surface area contributed by atoms with E-state index in [1.165, 1.54) is 12.1 Å². The number of aromatic nitrogens is 2. The highest BCUT2D eigenvalue weighted by atomic mass is 19.1. The summed E-state index contributed by atoms with van der Waals surface area (Å²) in [6, 6.07) is 6.52. The zero-order valence-electron chi connectivity index (χ0n) is 12.0. The van der Waals surface area contributed by atoms with Crippen molar-refractivity contribution in [3.8, 4) is 0 Å². The summed E-state index contributed by atoms with van der Waals surface area (Å²) in [4.78, 5) is 6.20. The van der Waals surface area contributed by atoms with Gasteiger partial charge in [0, 0.05) is 25.8 Å². The molecule has 0 fully saturated rings. The predicted molar refractivity (Wildman–Crippen MR) is 79.1 cm³/mol. The van der Waals surface area contributed by atoms with Crippen LogP contribution in [-0.4, -0.2) is 23.1 Å². The number of imidazole rings is 1. The largest absolute Gasteiger partial charge is 0.365 e. The van der Waals surface area contributed by atoms with E-state index in [-0.39, 0.29) is 11.9 Å². The molecule has 0 spiro atoms. The molecule has 0 amide bonds. The molecule has 2 aromatic rings. The Bertz CT molecular complexity index is 552. The highest BCUT2D eigenvalue weighted by Gasteiger charge is 2.20. The van der Waals surface area contributed by atoms with Gasteiger partial charge in [-0.05, 0) is 24.6 Å². The summed E-state index contributed by atoms with van der Waals surface area (Å²) in [5.74, 6) is -0.243. The SMILES string of the molecule is CCCn1cncc1C(CN)N(C)c1cccc(F)c1. The number of hydrogen-bond acceptors (Lipinski definition) is 3. The van der Waals surface area contributed by atoms with Crippen LogP contribution in [-0.2, 0) is 6.54 Å². The Kier molecular flexibility index (Phi) is 4.74. The molecule has 0 aliphatic heterocycles. The van der Waals surface area contributed by atoms with Crippen LogP contribution in [0.2, 0.25) is 0 Å². The first-order valence-electron chi connectivity index (χ1n) is 6.85. The molecule has 1 unspecified atom stereocenters. The second-order valence-corrected chi connectivity index (χ2v) is 4.85. The Balaban J connectivity index is 2.29. The smallest absolute Gasteiger partial charge is 0.125 e. The standard InChI is InChI=1S/C15H21FN4/c1-3-7-20-11-18-10-15(20)14(9-17)19(2)13-6-4-5-12(16)8-13/h4-6,8,10-11,14H,3,7,9,17H2,1-2H3. The Morgan fingerprint density at radius 3 is 2.90 bits per heavy atom. The fraction of sp³-hybridized carbons (Fsp3) is 0.400. The van der Waals surface area contributed by atoms with E-state index in [9.17, 15) is 4.39 Å². The van der Waals surface area contributed by atoms with E-state index in [4.69, 9.17) is 5.73 Å². The van der Waals surface area contributed by atoms with Gasteiger partial charge in [-0.25, -0.2) is 9.37 Å². The van der Waals surface area contributed by atoms with Crippen LogP contribution in [0.5, 0.6) is 0 Å². The number of nitrogens with zero attached hydrogens (tertiary/aromatic N) is 3. The maximum Gasteiger partial charge on any atom is 0.125 e. The van der Waals surface area contributed by atoms with Crippen molar-refractivity contribution < 1.29 is 4.39 Å². The van der Waals surface area contributed by atoms with Gasteiger partial charge in [-0.1, -0.05) is 13.0 Å². The maximum atomic E-state index is 13.4. The number of nitrogens with two attached hydrogens (primary N) is 1. The molecule has 4 nitrogen and oxygen atoms in total. The van der Waals surface area contributed by atoms with E-state index in [1.807, 2.05) is 30.5 Å². The van der Waals surface area contributed by atoms with E-state index < -0.39 is 0 Å². The first-order chi connectivity index (χ1) is 9.67. The van der Waals surface area contributed by atoms with E-state index in [2.05, 4.69) is 16.5 Å². The predicted octanol–water partition coefficient (Wildman–Crippen LogP) is 2.57. The third kappa shape index (κ3) is 2.99. The van der Waals surface area contributed by atoms with Crippen LogP contribution < -0.4 is 10.6 Å². The molecule has 1 atom stereocenters. The molecule has 1 heterocycles. The number of halogens is 1. The van der Waals surface area contributed by atoms with Crippen molar-refractivity contribution >= 4 is 5.69 Å². The molecule has 2 N–H and O–H groups in total. The zero-order chi connectivity index (χ0) is 14.5. The van der Waals surface area contributed by atoms with E-state index >= 15 is 0 Å². The minimum absolute atomic E-state index is 0.0224. The van der Waals surface area contributed by atoms with Gasteiger partial charge in [0.15, 0.2) is 0 Å². The van der Waals surface area contributed by atoms with Gasteiger partial charge in [0.1, 0.15) is 5.82 Å². The van der Waals surface area contributed by atoms with Crippen LogP contribution in [0.4, 0.5) is 10.1 Å². The van der Waals surface area contributed by atoms with E-state index in [0.717, 1.165) is 24.3 Å². The van der Waals surface area contributed by atoms with Crippen LogP contribution >= 0.6 is 0 Å². The van der Waals surface area contributed by atoms with Gasteiger partial charge in [-0.15, -0.1) is 0 Å². The van der Waals surface area contributed by atoms with Crippen molar-refractivity contribution in [2.75, 3.05) is 18.5 Å². The van der Waals surface area contributed by atoms with Crippen LogP contribution in [0.15, 0.2) is 36.8 Å². The Morgan fingerprint density at radius 1 is 1.45 bits per heavy atom. The summed E-state index contributed by atoms with van der Waals surface area (Å²) in [5, 5.41) is 0. The molecule has 0 saturated heterocycles. The molecule has 2 rings (SSSR count). The van der Waals surface area contributed by atoms with Crippen molar-refractivity contribution in [2.45, 2.75) is 25.9 Å². The highest BCUT2D eigenvalue weighted by molar-refractivity contribution is 5.47. The number of benzene rings is 1. The maximum absolute atomic E-state index is 13.4. The molecule has 0 aliphatic carbocycles. The molecule has 0 aliphatic rings. The summed E-state index contributed by atoms with van der Waals surface area (Å²) in [5.41, 5.74) is 7.80. The van der Waals surface area contributed by atoms with Crippen LogP contribution in [0.3, 0.4) is 0 Å². The number of hydrogen-bond donors (Lipinski definition) is 1. The molecule has 0 bridgehead atoms. The lowest BCUT2D eigenvalue weighted by Gasteiger charge is -2.29. The van der Waals surface area contributed by atoms with Crippen LogP contribution in [0, 0.1) is 5.82 Å². The molecular formula is C15H21FN4. The number of anilines is 1. The molecule has 20 heavy (non-hydrogen) atoms. The van der Waals surface area contributed by atoms with Crippen LogP contribution in [0.25, 0.3) is 0 Å². The van der Waals surface area contributed by atoms with Gasteiger partial charge >= 0.3 is 0 Å². The Labute approximate surface area is 119 Å². The highest BCUT2D eigenvalue weighted by Crippen LogP contribution is 2.25. The first kappa shape index (κ1) is 14.5. The third-order valence-corrected chi connectivity index (χ3v) is 3.46. The Hall–Kier alpha value is -1.88. The van der Waals surface area contributed by atoms with E-state index in [1.54, 1.807) is 6.07 Å². The topological polar surface area (TPSA) is 47.1 Å². The molecule has 0 radical (unpaired) electrons. The fourth-order valence-electron chi connectivity index (χ4n) is 2.39. The lowest BCUT2D eigenvalue weighted by atomic mass is 10.1. The van der Waals surface area contributed by atoms with Crippen molar-refractivity contribution in [1.82, 2.24) is 9.55 Å². The molecule has 1 aromatic heterocycles. The zero-order valence-corrected chi connectivity index (χ0v) is 12.0. The number of aryl methyl sites for hydroxylation is 1. The van der Waals surface area contributed by atoms with Gasteiger partial charge in [0.25, 0.3) is 0 Å². The quantitative estimate of drug-likeness (QED) is 0.882. The molecule has 0 saturated carbocycles. The summed E-state index contributed by atoms with van der Waals surface area (Å²) >= 11 is 0. The van der Waals surface area contributed by atoms with Gasteiger partial charge < -0.3 is 15.2 Å². The summed E-state index contributed by atoms with van der Waals surface area (Å²) in [6.07, 6.45) is 4.69. The van der Waals surface area contributed by atoms with Crippen molar-refractivity contribution in [3.63, 3.8) is 0 Å². The van der Waals surface area contributed by atoms with Crippen molar-refractivity contribution in [1.29, 1.82) is 0 Å². The molecule has 108 valence electrons. The van der Waals surface area contributed by atoms with Gasteiger partial charge in [-0.2, -0.15) is 0 Å². The second-order valence-electron chi connectivity index (χ2n) is 4.85. The minimum atomic E-state index is -0.243. The van der Waals surface area contributed by atoms with Crippen molar-refractivity contribution in [3.05, 3.63) is 48.3 Å². The number of likely N-dealkylation sites (N-methyl/N-ethyl adjacent to an activating group) is 1. The summed E-state index contributed by atoms with van der Waals surface area (Å²) in [7, 11) is 1.93. The first-order valence-corrected chi connectivity index (χ1v) is 6.85. The monoisotopic (exact) mass is 276 g/mol. The molecule has 1 aromatic carbocycles. The van der Waals surface area contributed by atoms with Gasteiger partial charge in [0.05, 0.1) is 24.3 Å². The van der Waals surface area contributed by atoms with E-state index in [0.29, 0.717) is 6.54 Å². The summed E-state index contributed by atoms with van der Waals surface area (Å²) < 4.78 is 15.5. The minimum Gasteiger partial charge on any atom is -0.365 e. The number of rotatable bonds is 6.